The molecule has 0 amide bonds. The van der Waals surface area contributed by atoms with Gasteiger partial charge in [-0.05, 0) is 46.0 Å². The van der Waals surface area contributed by atoms with Crippen molar-refractivity contribution in [2.75, 3.05) is 38.7 Å². The third-order valence-corrected chi connectivity index (χ3v) is 4.27. The van der Waals surface area contributed by atoms with Gasteiger partial charge in [-0.1, -0.05) is 17.7 Å². The van der Waals surface area contributed by atoms with E-state index in [0.717, 1.165) is 19.5 Å². The summed E-state index contributed by atoms with van der Waals surface area (Å²) in [7, 11) is 4.11. The summed E-state index contributed by atoms with van der Waals surface area (Å²) in [5, 5.41) is 9.70. The zero-order chi connectivity index (χ0) is 13.3. The first-order valence-electron chi connectivity index (χ1n) is 6.59. The van der Waals surface area contributed by atoms with Crippen LogP contribution >= 0.6 is 0 Å². The van der Waals surface area contributed by atoms with Gasteiger partial charge in [0.15, 0.2) is 0 Å². The normalized spacial score (nSPS) is 24.0. The minimum atomic E-state index is -0.0860. The van der Waals surface area contributed by atoms with Crippen molar-refractivity contribution in [2.45, 2.75) is 25.8 Å². The zero-order valence-corrected chi connectivity index (χ0v) is 11.9. The molecule has 1 aliphatic rings. The van der Waals surface area contributed by atoms with Crippen molar-refractivity contribution >= 4 is 5.69 Å². The van der Waals surface area contributed by atoms with Crippen molar-refractivity contribution < 1.29 is 5.11 Å². The maximum atomic E-state index is 9.70. The quantitative estimate of drug-likeness (QED) is 0.883. The Bertz CT molecular complexity index is 431. The Hall–Kier alpha value is -1.06. The lowest BCUT2D eigenvalue weighted by Crippen LogP contribution is -2.49. The van der Waals surface area contributed by atoms with Gasteiger partial charge >= 0.3 is 0 Å². The Morgan fingerprint density at radius 1 is 1.33 bits per heavy atom. The summed E-state index contributed by atoms with van der Waals surface area (Å²) in [6, 6.07) is 6.59. The number of aliphatic hydroxyl groups is 1. The lowest BCUT2D eigenvalue weighted by molar-refractivity contribution is 0.0867. The first kappa shape index (κ1) is 13.4. The molecule has 1 saturated heterocycles. The average Bonchev–Trinajstić information content (AvgIpc) is 2.74. The highest BCUT2D eigenvalue weighted by molar-refractivity contribution is 5.55. The van der Waals surface area contributed by atoms with Gasteiger partial charge in [-0.3, -0.25) is 4.90 Å². The molecule has 0 radical (unpaired) electrons. The van der Waals surface area contributed by atoms with E-state index in [-0.39, 0.29) is 12.1 Å². The molecule has 1 fully saturated rings. The zero-order valence-electron chi connectivity index (χ0n) is 11.9. The maximum absolute atomic E-state index is 9.70. The van der Waals surface area contributed by atoms with Crippen LogP contribution in [0.4, 0.5) is 5.69 Å². The molecular formula is C15H24N2O. The van der Waals surface area contributed by atoms with E-state index < -0.39 is 0 Å². The lowest BCUT2D eigenvalue weighted by Gasteiger charge is -2.34. The molecule has 3 heteroatoms. The van der Waals surface area contributed by atoms with E-state index >= 15 is 0 Å². The summed E-state index contributed by atoms with van der Waals surface area (Å²) in [6.07, 6.45) is 1.02. The van der Waals surface area contributed by atoms with Crippen LogP contribution in [0.5, 0.6) is 0 Å². The molecule has 0 spiro atoms. The van der Waals surface area contributed by atoms with Gasteiger partial charge < -0.3 is 10.0 Å². The number of likely N-dealkylation sites (N-methyl/N-ethyl adjacent to an activating group) is 1. The van der Waals surface area contributed by atoms with Gasteiger partial charge in [0.1, 0.15) is 0 Å². The summed E-state index contributed by atoms with van der Waals surface area (Å²) in [4.78, 5) is 4.56. The number of hydrogen-bond acceptors (Lipinski definition) is 3. The fraction of sp³-hybridized carbons (Fsp3) is 0.600. The summed E-state index contributed by atoms with van der Waals surface area (Å²) in [5.74, 6) is 0. The molecule has 100 valence electrons. The van der Waals surface area contributed by atoms with Crippen molar-refractivity contribution in [1.82, 2.24) is 4.90 Å². The standard InChI is InChI=1S/C15H24N2O/c1-12-5-6-14(13(2)9-12)17-8-7-15(10-17,11-18)16(3)4/h5-6,9,18H,7-8,10-11H2,1-4H3. The molecule has 0 bridgehead atoms. The molecule has 1 aliphatic heterocycles. The Labute approximate surface area is 110 Å². The number of hydrogen-bond donors (Lipinski definition) is 1. The number of aryl methyl sites for hydroxylation is 2. The Morgan fingerprint density at radius 3 is 2.56 bits per heavy atom. The smallest absolute Gasteiger partial charge is 0.0633 e. The number of rotatable bonds is 3. The fourth-order valence-electron chi connectivity index (χ4n) is 2.86. The first-order chi connectivity index (χ1) is 8.48. The molecule has 3 nitrogen and oxygen atoms in total. The van der Waals surface area contributed by atoms with Crippen LogP contribution < -0.4 is 4.90 Å². The van der Waals surface area contributed by atoms with Crippen LogP contribution in [-0.4, -0.2) is 49.3 Å². The molecule has 0 aliphatic carbocycles. The van der Waals surface area contributed by atoms with E-state index in [1.165, 1.54) is 16.8 Å². The van der Waals surface area contributed by atoms with Crippen LogP contribution in [0.3, 0.4) is 0 Å². The Morgan fingerprint density at radius 2 is 2.06 bits per heavy atom. The molecule has 18 heavy (non-hydrogen) atoms. The monoisotopic (exact) mass is 248 g/mol. The van der Waals surface area contributed by atoms with Crippen LogP contribution in [0.2, 0.25) is 0 Å². The van der Waals surface area contributed by atoms with Crippen LogP contribution in [0.1, 0.15) is 17.5 Å². The van der Waals surface area contributed by atoms with Crippen molar-refractivity contribution in [3.8, 4) is 0 Å². The van der Waals surface area contributed by atoms with Crippen molar-refractivity contribution in [3.05, 3.63) is 29.3 Å². The first-order valence-corrected chi connectivity index (χ1v) is 6.59. The summed E-state index contributed by atoms with van der Waals surface area (Å²) < 4.78 is 0. The van der Waals surface area contributed by atoms with E-state index in [1.807, 2.05) is 0 Å². The van der Waals surface area contributed by atoms with Crippen LogP contribution in [0, 0.1) is 13.8 Å². The predicted octanol–water partition coefficient (Wildman–Crippen LogP) is 1.81. The van der Waals surface area contributed by atoms with Gasteiger partial charge in [0.25, 0.3) is 0 Å². The van der Waals surface area contributed by atoms with Crippen molar-refractivity contribution in [1.29, 1.82) is 0 Å². The highest BCUT2D eigenvalue weighted by Crippen LogP contribution is 2.31. The van der Waals surface area contributed by atoms with Gasteiger partial charge in [0, 0.05) is 18.8 Å². The van der Waals surface area contributed by atoms with E-state index in [4.69, 9.17) is 0 Å². The second-order valence-electron chi connectivity index (χ2n) is 5.74. The number of anilines is 1. The van der Waals surface area contributed by atoms with E-state index in [2.05, 4.69) is 55.9 Å². The molecule has 1 N–H and O–H groups in total. The maximum Gasteiger partial charge on any atom is 0.0633 e. The third-order valence-electron chi connectivity index (χ3n) is 4.27. The lowest BCUT2D eigenvalue weighted by atomic mass is 9.98. The molecule has 2 rings (SSSR count). The minimum absolute atomic E-state index is 0.0860. The molecule has 0 saturated carbocycles. The fourth-order valence-corrected chi connectivity index (χ4v) is 2.86. The Kier molecular flexibility index (Phi) is 3.64. The molecular weight excluding hydrogens is 224 g/mol. The average molecular weight is 248 g/mol. The van der Waals surface area contributed by atoms with Crippen molar-refractivity contribution in [3.63, 3.8) is 0 Å². The number of nitrogens with zero attached hydrogens (tertiary/aromatic N) is 2. The molecule has 1 aromatic rings. The summed E-state index contributed by atoms with van der Waals surface area (Å²) >= 11 is 0. The molecule has 0 aromatic heterocycles. The summed E-state index contributed by atoms with van der Waals surface area (Å²) in [6.45, 7) is 6.43. The Balaban J connectivity index is 2.22. The second-order valence-corrected chi connectivity index (χ2v) is 5.74. The van der Waals surface area contributed by atoms with Crippen LogP contribution in [-0.2, 0) is 0 Å². The largest absolute Gasteiger partial charge is 0.394 e. The van der Waals surface area contributed by atoms with Crippen LogP contribution in [0.25, 0.3) is 0 Å². The van der Waals surface area contributed by atoms with E-state index in [1.54, 1.807) is 0 Å². The molecule has 1 atom stereocenters. The summed E-state index contributed by atoms with van der Waals surface area (Å²) in [5.41, 5.74) is 3.84. The molecule has 1 aromatic carbocycles. The molecule has 1 heterocycles. The number of aliphatic hydroxyl groups excluding tert-OH is 1. The number of benzene rings is 1. The van der Waals surface area contributed by atoms with E-state index in [9.17, 15) is 5.11 Å². The highest BCUT2D eigenvalue weighted by Gasteiger charge is 2.39. The highest BCUT2D eigenvalue weighted by atomic mass is 16.3. The van der Waals surface area contributed by atoms with Gasteiger partial charge in [0.05, 0.1) is 12.1 Å². The van der Waals surface area contributed by atoms with Gasteiger partial charge in [0.2, 0.25) is 0 Å². The third kappa shape index (κ3) is 2.25. The van der Waals surface area contributed by atoms with E-state index in [0.29, 0.717) is 0 Å². The predicted molar refractivity (Wildman–Crippen MR) is 76.2 cm³/mol. The SMILES string of the molecule is Cc1ccc(N2CCC(CO)(N(C)C)C2)c(C)c1. The molecule has 1 unspecified atom stereocenters. The van der Waals surface area contributed by atoms with Gasteiger partial charge in [-0.15, -0.1) is 0 Å². The van der Waals surface area contributed by atoms with Crippen molar-refractivity contribution in [2.24, 2.45) is 0 Å². The minimum Gasteiger partial charge on any atom is -0.394 e. The van der Waals surface area contributed by atoms with Gasteiger partial charge in [-0.25, -0.2) is 0 Å². The van der Waals surface area contributed by atoms with Gasteiger partial charge in [-0.2, -0.15) is 0 Å². The topological polar surface area (TPSA) is 26.7 Å². The second kappa shape index (κ2) is 4.90. The van der Waals surface area contributed by atoms with Crippen LogP contribution in [0.15, 0.2) is 18.2 Å².